The Balaban J connectivity index is 1.54. The number of hydrogen-bond donors (Lipinski definition) is 1. The second-order valence-corrected chi connectivity index (χ2v) is 9.75. The van der Waals surface area contributed by atoms with Crippen molar-refractivity contribution in [2.45, 2.75) is 37.5 Å². The summed E-state index contributed by atoms with van der Waals surface area (Å²) in [5.41, 5.74) is -3.79. The first-order chi connectivity index (χ1) is 17.9. The number of piperidine rings is 1. The zero-order valence-corrected chi connectivity index (χ0v) is 21.7. The van der Waals surface area contributed by atoms with E-state index in [-0.39, 0.29) is 23.7 Å². The number of carbonyl (C=O) groups excluding carboxylic acids is 2. The minimum Gasteiger partial charge on any atom is -0.369 e. The van der Waals surface area contributed by atoms with Crippen molar-refractivity contribution in [2.24, 2.45) is 5.92 Å². The van der Waals surface area contributed by atoms with E-state index in [0.717, 1.165) is 29.9 Å². The standard InChI is InChI=1S/C27H32F3N5O3/c1-33(2)24(36)21-11-12-23(32-22(21)18-31)35-16-13-19(14-17-35)8-7-15-34(3)25(37)26(38,27(28,29)30)20-9-5-4-6-10-20/h4-6,9-12,19,38H,7-8,13-17H2,1-3H3/t26-/m1/s1. The average Bonchev–Trinajstić information content (AvgIpc) is 2.91. The average molecular weight is 532 g/mol. The van der Waals surface area contributed by atoms with Crippen LogP contribution in [0, 0.1) is 17.2 Å². The molecule has 3 rings (SSSR count). The van der Waals surface area contributed by atoms with Crippen LogP contribution in [-0.4, -0.2) is 78.7 Å². The Morgan fingerprint density at radius 3 is 2.29 bits per heavy atom. The molecule has 1 aromatic carbocycles. The Hall–Kier alpha value is -3.65. The Bertz CT molecular complexity index is 1170. The highest BCUT2D eigenvalue weighted by Crippen LogP contribution is 2.40. The minimum absolute atomic E-state index is 0.0744. The molecule has 1 aliphatic heterocycles. The number of alkyl halides is 3. The number of benzene rings is 1. The van der Waals surface area contributed by atoms with Gasteiger partial charge in [0.05, 0.1) is 5.56 Å². The van der Waals surface area contributed by atoms with Gasteiger partial charge in [-0.3, -0.25) is 9.59 Å². The number of nitriles is 1. The summed E-state index contributed by atoms with van der Waals surface area (Å²) in [6.45, 7) is 1.44. The molecule has 2 aromatic rings. The summed E-state index contributed by atoms with van der Waals surface area (Å²) >= 11 is 0. The van der Waals surface area contributed by atoms with Crippen molar-refractivity contribution in [1.29, 1.82) is 5.26 Å². The molecule has 2 amide bonds. The molecule has 0 spiro atoms. The maximum atomic E-state index is 13.8. The van der Waals surface area contributed by atoms with Gasteiger partial charge in [-0.05, 0) is 43.7 Å². The lowest BCUT2D eigenvalue weighted by Gasteiger charge is -2.34. The van der Waals surface area contributed by atoms with Crippen LogP contribution >= 0.6 is 0 Å². The summed E-state index contributed by atoms with van der Waals surface area (Å²) in [7, 11) is 4.49. The van der Waals surface area contributed by atoms with Crippen LogP contribution in [-0.2, 0) is 10.4 Å². The Kier molecular flexibility index (Phi) is 8.99. The van der Waals surface area contributed by atoms with E-state index in [1.807, 2.05) is 11.0 Å². The molecular formula is C27H32F3N5O3. The van der Waals surface area contributed by atoms with Gasteiger partial charge in [0.15, 0.2) is 5.69 Å². The van der Waals surface area contributed by atoms with E-state index in [0.29, 0.717) is 37.7 Å². The van der Waals surface area contributed by atoms with Gasteiger partial charge in [0.2, 0.25) is 0 Å². The molecule has 1 aliphatic rings. The minimum atomic E-state index is -5.16. The molecule has 0 bridgehead atoms. The molecular weight excluding hydrogens is 499 g/mol. The second-order valence-electron chi connectivity index (χ2n) is 9.75. The predicted octanol–water partition coefficient (Wildman–Crippen LogP) is 3.56. The molecule has 0 unspecified atom stereocenters. The summed E-state index contributed by atoms with van der Waals surface area (Å²) in [6, 6.07) is 11.7. The molecule has 1 atom stereocenters. The van der Waals surface area contributed by atoms with Gasteiger partial charge < -0.3 is 19.8 Å². The van der Waals surface area contributed by atoms with Crippen molar-refractivity contribution in [1.82, 2.24) is 14.8 Å². The van der Waals surface area contributed by atoms with Gasteiger partial charge in [0.1, 0.15) is 11.9 Å². The van der Waals surface area contributed by atoms with Crippen molar-refractivity contribution >= 4 is 17.6 Å². The van der Waals surface area contributed by atoms with Crippen molar-refractivity contribution in [2.75, 3.05) is 45.7 Å². The number of amides is 2. The van der Waals surface area contributed by atoms with E-state index < -0.39 is 23.2 Å². The molecule has 0 saturated carbocycles. The number of rotatable bonds is 8. The summed E-state index contributed by atoms with van der Waals surface area (Å²) in [5, 5.41) is 19.9. The molecule has 2 heterocycles. The fourth-order valence-corrected chi connectivity index (χ4v) is 4.66. The van der Waals surface area contributed by atoms with Crippen LogP contribution in [0.3, 0.4) is 0 Å². The Morgan fingerprint density at radius 2 is 1.74 bits per heavy atom. The Morgan fingerprint density at radius 1 is 1.11 bits per heavy atom. The number of pyridine rings is 1. The first kappa shape index (κ1) is 28.9. The molecule has 0 aliphatic carbocycles. The van der Waals surface area contributed by atoms with Crippen LogP contribution in [0.15, 0.2) is 42.5 Å². The van der Waals surface area contributed by atoms with Gasteiger partial charge >= 0.3 is 6.18 Å². The van der Waals surface area contributed by atoms with Gasteiger partial charge in [-0.15, -0.1) is 0 Å². The summed E-state index contributed by atoms with van der Waals surface area (Å²) in [4.78, 5) is 33.7. The highest BCUT2D eigenvalue weighted by atomic mass is 19.4. The van der Waals surface area contributed by atoms with Crippen LogP contribution < -0.4 is 4.90 Å². The molecule has 11 heteroatoms. The molecule has 1 N–H and O–H groups in total. The summed E-state index contributed by atoms with van der Waals surface area (Å²) in [6.07, 6.45) is -2.32. The number of aliphatic hydroxyl groups is 1. The molecule has 8 nitrogen and oxygen atoms in total. The van der Waals surface area contributed by atoms with Crippen molar-refractivity contribution < 1.29 is 27.9 Å². The van der Waals surface area contributed by atoms with Crippen LogP contribution in [0.4, 0.5) is 19.0 Å². The third-order valence-electron chi connectivity index (χ3n) is 6.93. The zero-order valence-electron chi connectivity index (χ0n) is 21.7. The topological polar surface area (TPSA) is 101 Å². The van der Waals surface area contributed by atoms with Gasteiger partial charge in [-0.1, -0.05) is 30.3 Å². The van der Waals surface area contributed by atoms with E-state index >= 15 is 0 Å². The highest BCUT2D eigenvalue weighted by Gasteiger charge is 2.61. The largest absolute Gasteiger partial charge is 0.430 e. The number of nitrogens with zero attached hydrogens (tertiary/aromatic N) is 5. The smallest absolute Gasteiger partial charge is 0.369 e. The van der Waals surface area contributed by atoms with Gasteiger partial charge in [0.25, 0.3) is 17.4 Å². The number of halogens is 3. The third kappa shape index (κ3) is 6.07. The SMILES string of the molecule is CN(C)C(=O)c1ccc(N2CCC(CCCN(C)C(=O)[C@](O)(c3ccccc3)C(F)(F)F)CC2)nc1C#N. The number of hydrogen-bond acceptors (Lipinski definition) is 6. The van der Waals surface area contributed by atoms with Gasteiger partial charge in [-0.25, -0.2) is 4.98 Å². The molecule has 1 aromatic heterocycles. The van der Waals surface area contributed by atoms with Crippen molar-refractivity contribution in [3.05, 3.63) is 59.3 Å². The quantitative estimate of drug-likeness (QED) is 0.559. The normalized spacial score (nSPS) is 15.9. The lowest BCUT2D eigenvalue weighted by atomic mass is 9.90. The van der Waals surface area contributed by atoms with Crippen LogP contribution in [0.1, 0.15) is 47.3 Å². The number of aromatic nitrogens is 1. The van der Waals surface area contributed by atoms with Crippen molar-refractivity contribution in [3.8, 4) is 6.07 Å². The number of anilines is 1. The summed E-state index contributed by atoms with van der Waals surface area (Å²) in [5.74, 6) is -0.759. The number of likely N-dealkylation sites (N-methyl/N-ethyl adjacent to an activating group) is 1. The molecule has 204 valence electrons. The summed E-state index contributed by atoms with van der Waals surface area (Å²) < 4.78 is 41.4. The number of carbonyl (C=O) groups is 2. The fourth-order valence-electron chi connectivity index (χ4n) is 4.66. The van der Waals surface area contributed by atoms with Crippen LogP contribution in [0.5, 0.6) is 0 Å². The van der Waals surface area contributed by atoms with Gasteiger partial charge in [0, 0.05) is 46.3 Å². The van der Waals surface area contributed by atoms with Crippen LogP contribution in [0.25, 0.3) is 0 Å². The van der Waals surface area contributed by atoms with E-state index in [9.17, 15) is 33.1 Å². The molecule has 1 saturated heterocycles. The molecule has 1 fully saturated rings. The van der Waals surface area contributed by atoms with E-state index in [1.165, 1.54) is 30.1 Å². The lowest BCUT2D eigenvalue weighted by Crippen LogP contribution is -2.55. The van der Waals surface area contributed by atoms with Crippen molar-refractivity contribution in [3.63, 3.8) is 0 Å². The monoisotopic (exact) mass is 531 g/mol. The zero-order chi connectivity index (χ0) is 28.1. The van der Waals surface area contributed by atoms with E-state index in [2.05, 4.69) is 4.98 Å². The first-order valence-corrected chi connectivity index (χ1v) is 12.4. The maximum Gasteiger partial charge on any atom is 0.430 e. The predicted molar refractivity (Wildman–Crippen MR) is 135 cm³/mol. The lowest BCUT2D eigenvalue weighted by molar-refractivity contribution is -0.261. The third-order valence-corrected chi connectivity index (χ3v) is 6.93. The van der Waals surface area contributed by atoms with E-state index in [4.69, 9.17) is 0 Å². The second kappa shape index (κ2) is 11.8. The fraction of sp³-hybridized carbons (Fsp3) is 0.481. The Labute approximate surface area is 220 Å². The molecule has 0 radical (unpaired) electrons. The first-order valence-electron chi connectivity index (χ1n) is 12.4. The highest BCUT2D eigenvalue weighted by molar-refractivity contribution is 5.96. The van der Waals surface area contributed by atoms with Gasteiger partial charge in [-0.2, -0.15) is 18.4 Å². The van der Waals surface area contributed by atoms with Crippen LogP contribution in [0.2, 0.25) is 0 Å². The molecule has 38 heavy (non-hydrogen) atoms. The maximum absolute atomic E-state index is 13.8. The van der Waals surface area contributed by atoms with E-state index in [1.54, 1.807) is 26.2 Å².